The van der Waals surface area contributed by atoms with Crippen LogP contribution in [0.4, 0.5) is 0 Å². The van der Waals surface area contributed by atoms with Crippen LogP contribution < -0.4 is 5.32 Å². The van der Waals surface area contributed by atoms with Gasteiger partial charge in [0.05, 0.1) is 5.69 Å². The first-order valence-electron chi connectivity index (χ1n) is 6.02. The van der Waals surface area contributed by atoms with E-state index >= 15 is 0 Å². The molecule has 0 fully saturated rings. The first kappa shape index (κ1) is 12.2. The van der Waals surface area contributed by atoms with E-state index in [1.807, 2.05) is 10.9 Å². The normalized spacial score (nSPS) is 13.0. The molecule has 1 unspecified atom stereocenters. The van der Waals surface area contributed by atoms with Gasteiger partial charge in [0.2, 0.25) is 0 Å². The smallest absolute Gasteiger partial charge is 0.0522 e. The van der Waals surface area contributed by atoms with Crippen molar-refractivity contribution in [3.05, 3.63) is 18.0 Å². The predicted molar refractivity (Wildman–Crippen MR) is 63.7 cm³/mol. The summed E-state index contributed by atoms with van der Waals surface area (Å²) in [7, 11) is 0. The van der Waals surface area contributed by atoms with Gasteiger partial charge in [-0.15, -0.1) is 0 Å². The number of hydrogen-bond donors (Lipinski definition) is 1. The van der Waals surface area contributed by atoms with E-state index in [0.29, 0.717) is 6.04 Å². The van der Waals surface area contributed by atoms with Crippen LogP contribution in [0.25, 0.3) is 0 Å². The molecule has 0 bridgehead atoms. The Kier molecular flexibility index (Phi) is 5.40. The van der Waals surface area contributed by atoms with Crippen LogP contribution in [0.5, 0.6) is 0 Å². The molecule has 0 aromatic carbocycles. The second-order valence-electron chi connectivity index (χ2n) is 4.06. The van der Waals surface area contributed by atoms with Gasteiger partial charge in [0, 0.05) is 25.3 Å². The van der Waals surface area contributed by atoms with Crippen LogP contribution in [0.1, 0.15) is 45.7 Å². The van der Waals surface area contributed by atoms with Crippen molar-refractivity contribution >= 4 is 0 Å². The summed E-state index contributed by atoms with van der Waals surface area (Å²) in [5.74, 6) is 0. The van der Waals surface area contributed by atoms with Crippen molar-refractivity contribution in [2.75, 3.05) is 0 Å². The molecule has 3 nitrogen and oxygen atoms in total. The molecule has 1 aromatic rings. The molecule has 1 heterocycles. The first-order valence-corrected chi connectivity index (χ1v) is 6.02. The minimum atomic E-state index is 0.602. The van der Waals surface area contributed by atoms with E-state index in [4.69, 9.17) is 0 Å². The highest BCUT2D eigenvalue weighted by atomic mass is 15.3. The quantitative estimate of drug-likeness (QED) is 0.748. The van der Waals surface area contributed by atoms with E-state index in [0.717, 1.165) is 13.1 Å². The molecule has 1 N–H and O–H groups in total. The highest BCUT2D eigenvalue weighted by Crippen LogP contribution is 2.02. The zero-order chi connectivity index (χ0) is 11.1. The Balaban J connectivity index is 2.30. The van der Waals surface area contributed by atoms with Crippen LogP contribution in [-0.4, -0.2) is 15.8 Å². The summed E-state index contributed by atoms with van der Waals surface area (Å²) < 4.78 is 2.04. The molecule has 0 aliphatic heterocycles. The fourth-order valence-electron chi connectivity index (χ4n) is 1.69. The van der Waals surface area contributed by atoms with Crippen LogP contribution >= 0.6 is 0 Å². The summed E-state index contributed by atoms with van der Waals surface area (Å²) in [6.45, 7) is 8.49. The Morgan fingerprint density at radius 3 is 2.93 bits per heavy atom. The average Bonchev–Trinajstić information content (AvgIpc) is 2.70. The van der Waals surface area contributed by atoms with Crippen molar-refractivity contribution in [3.63, 3.8) is 0 Å². The Morgan fingerprint density at radius 1 is 1.47 bits per heavy atom. The molecule has 1 aromatic heterocycles. The van der Waals surface area contributed by atoms with Gasteiger partial charge in [-0.1, -0.05) is 19.8 Å². The molecule has 0 amide bonds. The molecule has 0 saturated heterocycles. The molecule has 0 aliphatic carbocycles. The van der Waals surface area contributed by atoms with E-state index < -0.39 is 0 Å². The molecule has 0 spiro atoms. The van der Waals surface area contributed by atoms with Crippen molar-refractivity contribution in [1.29, 1.82) is 0 Å². The van der Waals surface area contributed by atoms with Gasteiger partial charge in [0.15, 0.2) is 0 Å². The molecule has 15 heavy (non-hydrogen) atoms. The number of hydrogen-bond acceptors (Lipinski definition) is 2. The van der Waals surface area contributed by atoms with Gasteiger partial charge < -0.3 is 5.32 Å². The third-order valence-corrected chi connectivity index (χ3v) is 2.73. The minimum absolute atomic E-state index is 0.602. The van der Waals surface area contributed by atoms with Crippen LogP contribution in [-0.2, 0) is 13.1 Å². The molecule has 0 radical (unpaired) electrons. The van der Waals surface area contributed by atoms with E-state index in [-0.39, 0.29) is 0 Å². The topological polar surface area (TPSA) is 29.9 Å². The number of aryl methyl sites for hydroxylation is 1. The molecule has 86 valence electrons. The maximum Gasteiger partial charge on any atom is 0.0522 e. The van der Waals surface area contributed by atoms with E-state index in [1.54, 1.807) is 0 Å². The molecular formula is C12H23N3. The molecule has 0 aliphatic rings. The van der Waals surface area contributed by atoms with Crippen molar-refractivity contribution in [3.8, 4) is 0 Å². The van der Waals surface area contributed by atoms with Crippen molar-refractivity contribution in [1.82, 2.24) is 15.1 Å². The van der Waals surface area contributed by atoms with E-state index in [2.05, 4.69) is 37.3 Å². The molecule has 0 saturated carbocycles. The van der Waals surface area contributed by atoms with Gasteiger partial charge in [0.25, 0.3) is 0 Å². The van der Waals surface area contributed by atoms with Crippen molar-refractivity contribution in [2.45, 2.75) is 59.2 Å². The fourth-order valence-corrected chi connectivity index (χ4v) is 1.69. The molecule has 1 atom stereocenters. The Hall–Kier alpha value is -0.830. The zero-order valence-electron chi connectivity index (χ0n) is 10.2. The van der Waals surface area contributed by atoms with Crippen LogP contribution in [0.15, 0.2) is 12.3 Å². The van der Waals surface area contributed by atoms with Crippen LogP contribution in [0, 0.1) is 0 Å². The number of nitrogens with zero attached hydrogens (tertiary/aromatic N) is 2. The molecular weight excluding hydrogens is 186 g/mol. The van der Waals surface area contributed by atoms with E-state index in [1.165, 1.54) is 25.0 Å². The highest BCUT2D eigenvalue weighted by molar-refractivity contribution is 5.00. The van der Waals surface area contributed by atoms with Gasteiger partial charge in [-0.05, 0) is 26.3 Å². The average molecular weight is 209 g/mol. The number of unbranched alkanes of at least 4 members (excludes halogenated alkanes) is 1. The third kappa shape index (κ3) is 4.04. The van der Waals surface area contributed by atoms with Crippen LogP contribution in [0.2, 0.25) is 0 Å². The lowest BCUT2D eigenvalue weighted by Crippen LogP contribution is -2.26. The lowest BCUT2D eigenvalue weighted by molar-refractivity contribution is 0.478. The van der Waals surface area contributed by atoms with Crippen molar-refractivity contribution in [2.24, 2.45) is 0 Å². The lowest BCUT2D eigenvalue weighted by Gasteiger charge is -2.13. The van der Waals surface area contributed by atoms with Gasteiger partial charge in [-0.2, -0.15) is 5.10 Å². The maximum atomic E-state index is 4.25. The second-order valence-corrected chi connectivity index (χ2v) is 4.06. The van der Waals surface area contributed by atoms with Gasteiger partial charge in [-0.3, -0.25) is 4.68 Å². The lowest BCUT2D eigenvalue weighted by atomic mass is 10.1. The largest absolute Gasteiger partial charge is 0.309 e. The summed E-state index contributed by atoms with van der Waals surface area (Å²) >= 11 is 0. The summed E-state index contributed by atoms with van der Waals surface area (Å²) in [6.07, 6.45) is 5.72. The fraction of sp³-hybridized carbons (Fsp3) is 0.750. The molecule has 1 rings (SSSR count). The standard InChI is InChI=1S/C12H23N3/c1-4-6-7-11(3)13-10-12-8-9-14-15(12)5-2/h8-9,11,13H,4-7,10H2,1-3H3. The Labute approximate surface area is 92.9 Å². The summed E-state index contributed by atoms with van der Waals surface area (Å²) in [6, 6.07) is 2.69. The van der Waals surface area contributed by atoms with Gasteiger partial charge in [-0.25, -0.2) is 0 Å². The number of nitrogens with one attached hydrogen (secondary N) is 1. The van der Waals surface area contributed by atoms with E-state index in [9.17, 15) is 0 Å². The first-order chi connectivity index (χ1) is 7.27. The summed E-state index contributed by atoms with van der Waals surface area (Å²) in [4.78, 5) is 0. The van der Waals surface area contributed by atoms with Gasteiger partial charge >= 0.3 is 0 Å². The minimum Gasteiger partial charge on any atom is -0.309 e. The Bertz CT molecular complexity index is 268. The third-order valence-electron chi connectivity index (χ3n) is 2.73. The molecule has 3 heteroatoms. The maximum absolute atomic E-state index is 4.25. The summed E-state index contributed by atoms with van der Waals surface area (Å²) in [5.41, 5.74) is 1.28. The summed E-state index contributed by atoms with van der Waals surface area (Å²) in [5, 5.41) is 7.79. The monoisotopic (exact) mass is 209 g/mol. The number of rotatable bonds is 7. The SMILES string of the molecule is CCCCC(C)NCc1ccnn1CC. The van der Waals surface area contributed by atoms with Gasteiger partial charge in [0.1, 0.15) is 0 Å². The predicted octanol–water partition coefficient (Wildman–Crippen LogP) is 2.57. The Morgan fingerprint density at radius 2 is 2.27 bits per heavy atom. The zero-order valence-corrected chi connectivity index (χ0v) is 10.2. The van der Waals surface area contributed by atoms with Crippen LogP contribution in [0.3, 0.4) is 0 Å². The second kappa shape index (κ2) is 6.62. The number of aromatic nitrogens is 2. The van der Waals surface area contributed by atoms with Crippen molar-refractivity contribution < 1.29 is 0 Å². The highest BCUT2D eigenvalue weighted by Gasteiger charge is 2.03.